The van der Waals surface area contributed by atoms with Gasteiger partial charge in [0.15, 0.2) is 5.15 Å². The number of nitrogens with one attached hydrogen (secondary N) is 1. The lowest BCUT2D eigenvalue weighted by molar-refractivity contribution is -0.124. The van der Waals surface area contributed by atoms with Gasteiger partial charge in [0, 0.05) is 13.5 Å². The summed E-state index contributed by atoms with van der Waals surface area (Å²) < 4.78 is 5.16. The summed E-state index contributed by atoms with van der Waals surface area (Å²) in [7, 11) is 1.49. The van der Waals surface area contributed by atoms with Gasteiger partial charge in [0.1, 0.15) is 11.5 Å². The van der Waals surface area contributed by atoms with Crippen molar-refractivity contribution in [3.8, 4) is 5.88 Å². The van der Waals surface area contributed by atoms with Gasteiger partial charge < -0.3 is 10.1 Å². The lowest BCUT2D eigenvalue weighted by Crippen LogP contribution is -2.37. The van der Waals surface area contributed by atoms with E-state index in [9.17, 15) is 4.79 Å². The third kappa shape index (κ3) is 4.04. The molecule has 116 valence electrons. The fourth-order valence-electron chi connectivity index (χ4n) is 1.74. The van der Waals surface area contributed by atoms with E-state index < -0.39 is 0 Å². The Labute approximate surface area is 129 Å². The van der Waals surface area contributed by atoms with E-state index in [2.05, 4.69) is 20.3 Å². The van der Waals surface area contributed by atoms with Crippen LogP contribution in [0, 0.1) is 6.92 Å². The number of methoxy groups -OCH3 is 1. The molecule has 0 saturated carbocycles. The zero-order valence-corrected chi connectivity index (χ0v) is 13.7. The van der Waals surface area contributed by atoms with E-state index in [-0.39, 0.29) is 11.1 Å². The molecule has 1 aliphatic rings. The van der Waals surface area contributed by atoms with Crippen LogP contribution in [0.4, 0.5) is 5.69 Å². The van der Waals surface area contributed by atoms with E-state index in [0.29, 0.717) is 36.4 Å². The Morgan fingerprint density at radius 2 is 2.05 bits per heavy atom. The molecule has 1 N–H and O–H groups in total. The van der Waals surface area contributed by atoms with Gasteiger partial charge in [-0.05, 0) is 6.92 Å². The van der Waals surface area contributed by atoms with Crippen LogP contribution in [0.2, 0.25) is 5.15 Å². The van der Waals surface area contributed by atoms with Crippen LogP contribution in [0.25, 0.3) is 0 Å². The molecule has 0 radical (unpaired) electrons. The molecule has 2 rings (SSSR count). The summed E-state index contributed by atoms with van der Waals surface area (Å²) in [6.45, 7) is 8.29. The number of carbonyl (C=O) groups excluding carboxylic acids is 1. The van der Waals surface area contributed by atoms with Crippen molar-refractivity contribution in [3.05, 3.63) is 11.0 Å². The van der Waals surface area contributed by atoms with Crippen LogP contribution in [-0.2, 0) is 4.79 Å². The molecule has 0 unspecified atom stereocenters. The van der Waals surface area contributed by atoms with Crippen LogP contribution in [0.15, 0.2) is 4.99 Å². The molecule has 0 saturated heterocycles. The fraction of sp³-hybridized carbons (Fsp3) is 0.538. The first kappa shape index (κ1) is 17.2. The summed E-state index contributed by atoms with van der Waals surface area (Å²) >= 11 is 6.07. The predicted molar refractivity (Wildman–Crippen MR) is 83.0 cm³/mol. The highest BCUT2D eigenvalue weighted by Gasteiger charge is 2.23. The minimum atomic E-state index is -0.0909. The van der Waals surface area contributed by atoms with E-state index >= 15 is 0 Å². The van der Waals surface area contributed by atoms with Gasteiger partial charge in [-0.1, -0.05) is 25.4 Å². The van der Waals surface area contributed by atoms with Crippen molar-refractivity contribution in [2.45, 2.75) is 27.7 Å². The second-order valence-electron chi connectivity index (χ2n) is 3.95. The van der Waals surface area contributed by atoms with Crippen molar-refractivity contribution in [3.63, 3.8) is 0 Å². The molecule has 0 spiro atoms. The largest absolute Gasteiger partial charge is 0.479 e. The predicted octanol–water partition coefficient (Wildman–Crippen LogP) is 2.10. The number of carbonyl (C=O) groups is 1. The number of amides is 1. The lowest BCUT2D eigenvalue weighted by atomic mass is 10.4. The monoisotopic (exact) mass is 313 g/mol. The Morgan fingerprint density at radius 1 is 1.38 bits per heavy atom. The first-order chi connectivity index (χ1) is 10.0. The van der Waals surface area contributed by atoms with Crippen molar-refractivity contribution in [1.82, 2.24) is 14.9 Å². The maximum absolute atomic E-state index is 11.4. The van der Waals surface area contributed by atoms with Crippen LogP contribution in [0.1, 0.15) is 26.6 Å². The molecule has 1 aromatic heterocycles. The molecule has 7 nitrogen and oxygen atoms in total. The Balaban J connectivity index is 0.00000106. The Kier molecular flexibility index (Phi) is 6.36. The lowest BCUT2D eigenvalue weighted by Gasteiger charge is -2.18. The third-order valence-electron chi connectivity index (χ3n) is 2.59. The molecule has 0 fully saturated rings. The second kappa shape index (κ2) is 7.78. The number of nitrogens with zero attached hydrogens (tertiary/aromatic N) is 4. The molecule has 8 heteroatoms. The average Bonchev–Trinajstić information content (AvgIpc) is 2.92. The number of ether oxygens (including phenoxy) is 1. The Bertz CT molecular complexity index is 548. The Morgan fingerprint density at radius 3 is 2.62 bits per heavy atom. The second-order valence-corrected chi connectivity index (χ2v) is 4.30. The number of aryl methyl sites for hydroxylation is 1. The van der Waals surface area contributed by atoms with Gasteiger partial charge in [-0.15, -0.1) is 0 Å². The van der Waals surface area contributed by atoms with E-state index in [1.165, 1.54) is 18.9 Å². The highest BCUT2D eigenvalue weighted by Crippen LogP contribution is 2.29. The fourth-order valence-corrected chi connectivity index (χ4v) is 1.99. The zero-order chi connectivity index (χ0) is 16.0. The van der Waals surface area contributed by atoms with Crippen molar-refractivity contribution >= 4 is 29.2 Å². The van der Waals surface area contributed by atoms with E-state index in [1.54, 1.807) is 6.92 Å². The van der Waals surface area contributed by atoms with Crippen LogP contribution >= 0.6 is 11.6 Å². The van der Waals surface area contributed by atoms with Gasteiger partial charge in [-0.25, -0.2) is 4.98 Å². The SMILES string of the molecule is CC.COc1nc(C)nc(Cl)c1NC1=NCCN1C(C)=O. The minimum Gasteiger partial charge on any atom is -0.479 e. The topological polar surface area (TPSA) is 79.7 Å². The van der Waals surface area contributed by atoms with Gasteiger partial charge in [-0.3, -0.25) is 14.7 Å². The molecule has 0 aromatic carbocycles. The summed E-state index contributed by atoms with van der Waals surface area (Å²) in [6, 6.07) is 0. The molecule has 1 aliphatic heterocycles. The van der Waals surface area contributed by atoms with Crippen molar-refractivity contribution in [2.75, 3.05) is 25.5 Å². The Hall–Kier alpha value is -1.89. The third-order valence-corrected chi connectivity index (χ3v) is 2.87. The van der Waals surface area contributed by atoms with Crippen LogP contribution in [-0.4, -0.2) is 46.9 Å². The van der Waals surface area contributed by atoms with Gasteiger partial charge in [0.2, 0.25) is 17.7 Å². The van der Waals surface area contributed by atoms with Gasteiger partial charge in [0.25, 0.3) is 0 Å². The van der Waals surface area contributed by atoms with Gasteiger partial charge >= 0.3 is 0 Å². The first-order valence-corrected chi connectivity index (χ1v) is 7.08. The number of halogens is 1. The van der Waals surface area contributed by atoms with E-state index in [1.807, 2.05) is 13.8 Å². The van der Waals surface area contributed by atoms with Crippen molar-refractivity contribution in [1.29, 1.82) is 0 Å². The number of anilines is 1. The number of aliphatic imine (C=N–C) groups is 1. The summed E-state index contributed by atoms with van der Waals surface area (Å²) in [6.07, 6.45) is 0. The molecule has 2 heterocycles. The summed E-state index contributed by atoms with van der Waals surface area (Å²) in [4.78, 5) is 25.4. The number of guanidine groups is 1. The average molecular weight is 314 g/mol. The molecule has 0 atom stereocenters. The van der Waals surface area contributed by atoms with Crippen LogP contribution in [0.3, 0.4) is 0 Å². The smallest absolute Gasteiger partial charge is 0.242 e. The molecule has 0 bridgehead atoms. The number of hydrogen-bond donors (Lipinski definition) is 1. The zero-order valence-electron chi connectivity index (χ0n) is 12.9. The molecule has 0 aliphatic carbocycles. The van der Waals surface area contributed by atoms with E-state index in [0.717, 1.165) is 0 Å². The molecule has 21 heavy (non-hydrogen) atoms. The number of rotatable bonds is 2. The standard InChI is InChI=1S/C11H14ClN5O2.C2H6/c1-6-14-9(12)8(10(15-6)19-3)16-11-13-4-5-17(11)7(2)18;1-2/h4-5H2,1-3H3,(H,13,16);1-2H3. The first-order valence-electron chi connectivity index (χ1n) is 6.70. The quantitative estimate of drug-likeness (QED) is 0.846. The minimum absolute atomic E-state index is 0.0909. The number of aromatic nitrogens is 2. The summed E-state index contributed by atoms with van der Waals surface area (Å²) in [5.74, 6) is 1.16. The molecule has 1 amide bonds. The molecular weight excluding hydrogens is 294 g/mol. The van der Waals surface area contributed by atoms with Gasteiger partial charge in [0.05, 0.1) is 13.7 Å². The maximum atomic E-state index is 11.4. The van der Waals surface area contributed by atoms with Crippen LogP contribution < -0.4 is 10.1 Å². The molecular formula is C13H20ClN5O2. The van der Waals surface area contributed by atoms with Gasteiger partial charge in [-0.2, -0.15) is 4.98 Å². The highest BCUT2D eigenvalue weighted by atomic mass is 35.5. The van der Waals surface area contributed by atoms with Crippen LogP contribution in [0.5, 0.6) is 5.88 Å². The molecule has 1 aromatic rings. The van der Waals surface area contributed by atoms with Crippen molar-refractivity contribution in [2.24, 2.45) is 4.99 Å². The maximum Gasteiger partial charge on any atom is 0.242 e. The normalized spacial score (nSPS) is 13.2. The highest BCUT2D eigenvalue weighted by molar-refractivity contribution is 6.33. The number of hydrogen-bond acceptors (Lipinski definition) is 6. The van der Waals surface area contributed by atoms with Crippen molar-refractivity contribution < 1.29 is 9.53 Å². The summed E-state index contributed by atoms with van der Waals surface area (Å²) in [5.41, 5.74) is 0.404. The van der Waals surface area contributed by atoms with E-state index in [4.69, 9.17) is 16.3 Å². The summed E-state index contributed by atoms with van der Waals surface area (Å²) in [5, 5.41) is 3.18.